The standard InChI is InChI=1S/C19H15Cl2N3O3/c1-11-5-3-4-6-15(11)24-17(25)10-16(27-2)18(23-24)19(26)22-14-8-12(20)7-13(21)9-14/h3-10H,1-2H3,(H,22,26). The number of aromatic nitrogens is 2. The molecule has 0 unspecified atom stereocenters. The van der Waals surface area contributed by atoms with E-state index in [4.69, 9.17) is 27.9 Å². The van der Waals surface area contributed by atoms with E-state index in [9.17, 15) is 9.59 Å². The molecular weight excluding hydrogens is 389 g/mol. The van der Waals surface area contributed by atoms with Crippen LogP contribution < -0.4 is 15.6 Å². The van der Waals surface area contributed by atoms with Gasteiger partial charge in [-0.2, -0.15) is 9.78 Å². The summed E-state index contributed by atoms with van der Waals surface area (Å²) in [5.74, 6) is -0.497. The van der Waals surface area contributed by atoms with Gasteiger partial charge in [0.15, 0.2) is 11.4 Å². The third kappa shape index (κ3) is 4.13. The maximum absolute atomic E-state index is 12.7. The number of amides is 1. The third-order valence-electron chi connectivity index (χ3n) is 3.80. The lowest BCUT2D eigenvalue weighted by atomic mass is 10.2. The first kappa shape index (κ1) is 18.9. The molecule has 0 saturated carbocycles. The highest BCUT2D eigenvalue weighted by Gasteiger charge is 2.19. The fourth-order valence-corrected chi connectivity index (χ4v) is 3.07. The van der Waals surface area contributed by atoms with Crippen molar-refractivity contribution in [2.24, 2.45) is 0 Å². The van der Waals surface area contributed by atoms with Gasteiger partial charge < -0.3 is 10.1 Å². The Morgan fingerprint density at radius 2 is 1.78 bits per heavy atom. The fourth-order valence-electron chi connectivity index (χ4n) is 2.54. The summed E-state index contributed by atoms with van der Waals surface area (Å²) >= 11 is 11.9. The van der Waals surface area contributed by atoms with Gasteiger partial charge in [0.1, 0.15) is 0 Å². The van der Waals surface area contributed by atoms with E-state index in [1.165, 1.54) is 13.2 Å². The average Bonchev–Trinajstić information content (AvgIpc) is 2.61. The minimum atomic E-state index is -0.562. The molecule has 0 aliphatic rings. The van der Waals surface area contributed by atoms with Crippen LogP contribution in [0.1, 0.15) is 16.1 Å². The van der Waals surface area contributed by atoms with E-state index < -0.39 is 11.5 Å². The number of aryl methyl sites for hydroxylation is 1. The van der Waals surface area contributed by atoms with Gasteiger partial charge in [-0.3, -0.25) is 9.59 Å². The first-order valence-corrected chi connectivity index (χ1v) is 8.66. The van der Waals surface area contributed by atoms with Crippen LogP contribution in [0, 0.1) is 6.92 Å². The van der Waals surface area contributed by atoms with Crippen molar-refractivity contribution in [3.63, 3.8) is 0 Å². The number of methoxy groups -OCH3 is 1. The second-order valence-corrected chi connectivity index (χ2v) is 6.58. The molecule has 0 saturated heterocycles. The number of carbonyl (C=O) groups is 1. The summed E-state index contributed by atoms with van der Waals surface area (Å²) in [5, 5.41) is 7.63. The zero-order valence-electron chi connectivity index (χ0n) is 14.5. The van der Waals surface area contributed by atoms with Crippen molar-refractivity contribution in [2.45, 2.75) is 6.92 Å². The monoisotopic (exact) mass is 403 g/mol. The van der Waals surface area contributed by atoms with Gasteiger partial charge in [0.2, 0.25) is 0 Å². The van der Waals surface area contributed by atoms with Gasteiger partial charge in [0, 0.05) is 15.7 Å². The lowest BCUT2D eigenvalue weighted by Gasteiger charge is -2.13. The Morgan fingerprint density at radius 1 is 1.11 bits per heavy atom. The minimum Gasteiger partial charge on any atom is -0.494 e. The fraction of sp³-hybridized carbons (Fsp3) is 0.105. The van der Waals surface area contributed by atoms with Gasteiger partial charge in [-0.1, -0.05) is 41.4 Å². The van der Waals surface area contributed by atoms with Crippen LogP contribution in [0.15, 0.2) is 53.3 Å². The lowest BCUT2D eigenvalue weighted by molar-refractivity contribution is 0.101. The Labute approximate surface area is 165 Å². The molecular formula is C19H15Cl2N3O3. The van der Waals surface area contributed by atoms with Gasteiger partial charge in [-0.15, -0.1) is 0 Å². The molecule has 1 heterocycles. The highest BCUT2D eigenvalue weighted by Crippen LogP contribution is 2.24. The topological polar surface area (TPSA) is 73.2 Å². The SMILES string of the molecule is COc1cc(=O)n(-c2ccccc2C)nc1C(=O)Nc1cc(Cl)cc(Cl)c1. The number of hydrogen-bond donors (Lipinski definition) is 1. The van der Waals surface area contributed by atoms with Crippen LogP contribution in [0.25, 0.3) is 5.69 Å². The number of para-hydroxylation sites is 1. The molecule has 0 bridgehead atoms. The number of ether oxygens (including phenoxy) is 1. The Balaban J connectivity index is 2.06. The molecule has 0 aliphatic heterocycles. The largest absolute Gasteiger partial charge is 0.494 e. The number of rotatable bonds is 4. The maximum atomic E-state index is 12.7. The van der Waals surface area contributed by atoms with E-state index in [0.29, 0.717) is 21.4 Å². The van der Waals surface area contributed by atoms with E-state index in [-0.39, 0.29) is 11.4 Å². The second-order valence-electron chi connectivity index (χ2n) is 5.71. The molecule has 1 N–H and O–H groups in total. The predicted octanol–water partition coefficient (Wildman–Crippen LogP) is 4.11. The number of halogens is 2. The molecule has 1 amide bonds. The molecule has 6 nitrogen and oxygen atoms in total. The maximum Gasteiger partial charge on any atom is 0.280 e. The number of nitrogens with zero attached hydrogens (tertiary/aromatic N) is 2. The average molecular weight is 404 g/mol. The zero-order valence-corrected chi connectivity index (χ0v) is 16.0. The Kier molecular flexibility index (Phi) is 5.48. The quantitative estimate of drug-likeness (QED) is 0.711. The van der Waals surface area contributed by atoms with Crippen LogP contribution in [0.4, 0.5) is 5.69 Å². The highest BCUT2D eigenvalue weighted by molar-refractivity contribution is 6.35. The molecule has 8 heteroatoms. The van der Waals surface area contributed by atoms with Crippen molar-refractivity contribution in [3.8, 4) is 11.4 Å². The second kappa shape index (κ2) is 7.82. The van der Waals surface area contributed by atoms with Crippen LogP contribution in [-0.2, 0) is 0 Å². The van der Waals surface area contributed by atoms with E-state index in [0.717, 1.165) is 10.2 Å². The first-order valence-electron chi connectivity index (χ1n) is 7.91. The summed E-state index contributed by atoms with van der Waals surface area (Å²) < 4.78 is 6.33. The molecule has 0 aliphatic carbocycles. The van der Waals surface area contributed by atoms with Gasteiger partial charge in [-0.05, 0) is 36.8 Å². The van der Waals surface area contributed by atoms with Crippen molar-refractivity contribution >= 4 is 34.8 Å². The number of hydrogen-bond acceptors (Lipinski definition) is 4. The van der Waals surface area contributed by atoms with Crippen molar-refractivity contribution < 1.29 is 9.53 Å². The Bertz CT molecular complexity index is 1060. The zero-order chi connectivity index (χ0) is 19.6. The van der Waals surface area contributed by atoms with E-state index in [2.05, 4.69) is 10.4 Å². The lowest BCUT2D eigenvalue weighted by Crippen LogP contribution is -2.26. The predicted molar refractivity (Wildman–Crippen MR) is 106 cm³/mol. The summed E-state index contributed by atoms with van der Waals surface area (Å²) in [7, 11) is 1.36. The molecule has 0 spiro atoms. The summed E-state index contributed by atoms with van der Waals surface area (Å²) in [6.45, 7) is 1.85. The van der Waals surface area contributed by atoms with E-state index >= 15 is 0 Å². The molecule has 1 aromatic heterocycles. The summed E-state index contributed by atoms with van der Waals surface area (Å²) in [5.41, 5.74) is 1.35. The van der Waals surface area contributed by atoms with Crippen LogP contribution >= 0.6 is 23.2 Å². The molecule has 0 radical (unpaired) electrons. The van der Waals surface area contributed by atoms with Crippen molar-refractivity contribution in [1.29, 1.82) is 0 Å². The molecule has 3 rings (SSSR count). The molecule has 0 fully saturated rings. The van der Waals surface area contributed by atoms with Crippen LogP contribution in [0.2, 0.25) is 10.0 Å². The van der Waals surface area contributed by atoms with Gasteiger partial charge in [-0.25, -0.2) is 0 Å². The molecule has 27 heavy (non-hydrogen) atoms. The van der Waals surface area contributed by atoms with Crippen LogP contribution in [0.5, 0.6) is 5.75 Å². The number of benzene rings is 2. The van der Waals surface area contributed by atoms with Gasteiger partial charge in [0.05, 0.1) is 18.9 Å². The smallest absolute Gasteiger partial charge is 0.280 e. The van der Waals surface area contributed by atoms with Crippen LogP contribution in [-0.4, -0.2) is 22.8 Å². The molecule has 2 aromatic carbocycles. The van der Waals surface area contributed by atoms with E-state index in [1.54, 1.807) is 30.3 Å². The van der Waals surface area contributed by atoms with Crippen molar-refractivity contribution in [1.82, 2.24) is 9.78 Å². The normalized spacial score (nSPS) is 10.5. The number of anilines is 1. The van der Waals surface area contributed by atoms with Crippen LogP contribution in [0.3, 0.4) is 0 Å². The summed E-state index contributed by atoms with van der Waals surface area (Å²) in [6.07, 6.45) is 0. The van der Waals surface area contributed by atoms with Gasteiger partial charge in [0.25, 0.3) is 11.5 Å². The molecule has 0 atom stereocenters. The highest BCUT2D eigenvalue weighted by atomic mass is 35.5. The molecule has 3 aromatic rings. The number of nitrogens with one attached hydrogen (secondary N) is 1. The van der Waals surface area contributed by atoms with E-state index in [1.807, 2.05) is 19.1 Å². The minimum absolute atomic E-state index is 0.0450. The summed E-state index contributed by atoms with van der Waals surface area (Å²) in [6, 6.07) is 13.1. The van der Waals surface area contributed by atoms with Crippen molar-refractivity contribution in [2.75, 3.05) is 12.4 Å². The Morgan fingerprint density at radius 3 is 2.41 bits per heavy atom. The summed E-state index contributed by atoms with van der Waals surface area (Å²) in [4.78, 5) is 25.2. The first-order chi connectivity index (χ1) is 12.9. The van der Waals surface area contributed by atoms with Crippen molar-refractivity contribution in [3.05, 3.63) is 80.2 Å². The number of carbonyl (C=O) groups excluding carboxylic acids is 1. The van der Waals surface area contributed by atoms with Gasteiger partial charge >= 0.3 is 0 Å². The Hall–Kier alpha value is -2.83. The third-order valence-corrected chi connectivity index (χ3v) is 4.23. The molecule has 138 valence electrons.